The molecule has 0 fully saturated rings. The Kier molecular flexibility index (Phi) is 10.9. The van der Waals surface area contributed by atoms with Crippen molar-refractivity contribution in [2.45, 2.75) is 26.2 Å². The molecule has 5 heterocycles. The zero-order chi connectivity index (χ0) is 56.5. The lowest BCUT2D eigenvalue weighted by molar-refractivity contribution is 0.482. The highest BCUT2D eigenvalue weighted by molar-refractivity contribution is 7.03. The van der Waals surface area contributed by atoms with Gasteiger partial charge in [-0.2, -0.15) is 0 Å². The second-order valence-corrected chi connectivity index (χ2v) is 23.7. The number of ether oxygens (including phenoxy) is 2. The van der Waals surface area contributed by atoms with Gasteiger partial charge in [0.15, 0.2) is 0 Å². The van der Waals surface area contributed by atoms with Gasteiger partial charge in [0.2, 0.25) is 0 Å². The van der Waals surface area contributed by atoms with E-state index < -0.39 is 0 Å². The summed E-state index contributed by atoms with van der Waals surface area (Å²) < 4.78 is 15.7. The molecule has 9 heteroatoms. The average Bonchev–Trinajstić information content (AvgIpc) is 1.01. The van der Waals surface area contributed by atoms with Crippen LogP contribution in [-0.2, 0) is 5.41 Å². The molecule has 402 valence electrons. The lowest BCUT2D eigenvalue weighted by atomic mass is 9.30. The van der Waals surface area contributed by atoms with Gasteiger partial charge in [-0.3, -0.25) is 0 Å². The molecule has 0 aromatic heterocycles. The van der Waals surface area contributed by atoms with Crippen molar-refractivity contribution < 1.29 is 9.47 Å². The van der Waals surface area contributed by atoms with E-state index in [0.29, 0.717) is 0 Å². The van der Waals surface area contributed by atoms with Gasteiger partial charge in [0.05, 0.1) is 11.4 Å². The van der Waals surface area contributed by atoms with Crippen molar-refractivity contribution in [1.82, 2.24) is 0 Å². The summed E-state index contributed by atoms with van der Waals surface area (Å²) in [6, 6.07) is 101. The molecule has 0 N–H and O–H groups in total. The molecule has 17 rings (SSSR count). The molecule has 0 amide bonds. The van der Waals surface area contributed by atoms with E-state index in [4.69, 9.17) is 9.47 Å². The fourth-order valence-electron chi connectivity index (χ4n) is 14.0. The summed E-state index contributed by atoms with van der Waals surface area (Å²) in [5.74, 6) is 3.24. The van der Waals surface area contributed by atoms with Gasteiger partial charge in [0, 0.05) is 86.1 Å². The topological polar surface area (TPSA) is 34.7 Å². The van der Waals surface area contributed by atoms with Gasteiger partial charge in [0.25, 0.3) is 13.4 Å². The molecule has 0 atom stereocenters. The first kappa shape index (κ1) is 49.0. The highest BCUT2D eigenvalue weighted by atomic mass is 16.5. The number of benzene rings is 12. The summed E-state index contributed by atoms with van der Waals surface area (Å²) in [6.07, 6.45) is 0. The van der Waals surface area contributed by atoms with Gasteiger partial charge < -0.3 is 34.0 Å². The molecule has 2 bridgehead atoms. The number of para-hydroxylation sites is 7. The van der Waals surface area contributed by atoms with Gasteiger partial charge in [-0.1, -0.05) is 160 Å². The first-order valence-corrected chi connectivity index (χ1v) is 29.4. The summed E-state index contributed by atoms with van der Waals surface area (Å²) in [6.45, 7) is 6.32. The second-order valence-electron chi connectivity index (χ2n) is 23.7. The Morgan fingerprint density at radius 3 is 1.14 bits per heavy atom. The van der Waals surface area contributed by atoms with Crippen LogP contribution < -0.4 is 66.8 Å². The van der Waals surface area contributed by atoms with Crippen LogP contribution in [0.3, 0.4) is 0 Å². The highest BCUT2D eigenvalue weighted by Gasteiger charge is 2.51. The maximum atomic E-state index is 8.10. The van der Waals surface area contributed by atoms with Crippen LogP contribution in [0.2, 0.25) is 0 Å². The van der Waals surface area contributed by atoms with Crippen LogP contribution in [0.5, 0.6) is 23.0 Å². The van der Waals surface area contributed by atoms with Crippen molar-refractivity contribution in [2.24, 2.45) is 0 Å². The van der Waals surface area contributed by atoms with E-state index in [9.17, 15) is 0 Å². The standard InChI is InChI=1S/C76H55B2N5O2/c1-76(2,3)50-42-64-74-70(43-50)85-69-49-63-60-48-61(69)78(74)75-67(83(64)57-38-23-10-24-39-57)46-59(80(53-30-15-6-16-31-53)54-32-17-7-18-33-54)47-71(75)84-68-41-25-40-62-73(68)77(60)72-65(81(62)55-34-19-8-20-35-55)44-58(45-66(72)82(63)56-36-21-9-22-37-56)79(51-26-11-4-12-27-51)52-28-13-5-14-29-52/h4-49H,1-3H3. The van der Waals surface area contributed by atoms with Crippen molar-refractivity contribution in [3.05, 3.63) is 285 Å². The zero-order valence-electron chi connectivity index (χ0n) is 47.3. The number of anilines is 15. The third-order valence-electron chi connectivity index (χ3n) is 17.7. The molecule has 0 saturated carbocycles. The molecule has 0 unspecified atom stereocenters. The molecule has 0 spiro atoms. The van der Waals surface area contributed by atoms with Crippen LogP contribution >= 0.6 is 0 Å². The van der Waals surface area contributed by atoms with E-state index in [1.54, 1.807) is 0 Å². The van der Waals surface area contributed by atoms with Gasteiger partial charge in [0.1, 0.15) is 23.0 Å². The van der Waals surface area contributed by atoms with E-state index in [0.717, 1.165) is 130 Å². The number of rotatable bonds is 9. The Balaban J connectivity index is 1.02. The number of hydrogen-bond acceptors (Lipinski definition) is 7. The maximum absolute atomic E-state index is 8.10. The average molecular weight is 1090 g/mol. The molecule has 12 aromatic rings. The van der Waals surface area contributed by atoms with Crippen LogP contribution in [-0.4, -0.2) is 13.4 Å². The minimum Gasteiger partial charge on any atom is -0.458 e. The molecule has 85 heavy (non-hydrogen) atoms. The molecular weight excluding hydrogens is 1040 g/mol. The summed E-state index contributed by atoms with van der Waals surface area (Å²) in [5.41, 5.74) is 23.5. The smallest absolute Gasteiger partial charge is 0.261 e. The van der Waals surface area contributed by atoms with Crippen LogP contribution in [0.15, 0.2) is 279 Å². The molecule has 12 aromatic carbocycles. The monoisotopic (exact) mass is 1090 g/mol. The Morgan fingerprint density at radius 1 is 0.282 bits per heavy atom. The zero-order valence-corrected chi connectivity index (χ0v) is 47.3. The van der Waals surface area contributed by atoms with Crippen LogP contribution in [0, 0.1) is 0 Å². The summed E-state index contributed by atoms with van der Waals surface area (Å²) in [4.78, 5) is 12.2. The lowest BCUT2D eigenvalue weighted by Gasteiger charge is -2.47. The fourth-order valence-corrected chi connectivity index (χ4v) is 14.0. The minimum absolute atomic E-state index is 0.218. The van der Waals surface area contributed by atoms with Crippen molar-refractivity contribution >= 4 is 132 Å². The second kappa shape index (κ2) is 19.0. The third kappa shape index (κ3) is 7.63. The lowest BCUT2D eigenvalue weighted by Crippen LogP contribution is -2.65. The maximum Gasteiger partial charge on any atom is 0.261 e. The number of hydrogen-bond donors (Lipinski definition) is 0. The normalized spacial score (nSPS) is 13.4. The van der Waals surface area contributed by atoms with E-state index in [1.807, 2.05) is 0 Å². The van der Waals surface area contributed by atoms with E-state index in [2.05, 4.69) is 324 Å². The van der Waals surface area contributed by atoms with Crippen LogP contribution in [0.25, 0.3) is 0 Å². The first-order chi connectivity index (χ1) is 41.8. The van der Waals surface area contributed by atoms with Crippen LogP contribution in [0.1, 0.15) is 26.3 Å². The van der Waals surface area contributed by atoms with Crippen molar-refractivity contribution in [2.75, 3.05) is 24.5 Å². The molecule has 7 nitrogen and oxygen atoms in total. The highest BCUT2D eigenvalue weighted by Crippen LogP contribution is 2.53. The van der Waals surface area contributed by atoms with E-state index in [1.165, 1.54) is 16.5 Å². The van der Waals surface area contributed by atoms with Gasteiger partial charge in [-0.25, -0.2) is 0 Å². The predicted octanol–water partition coefficient (Wildman–Crippen LogP) is 16.5. The molecule has 5 aliphatic rings. The summed E-state index contributed by atoms with van der Waals surface area (Å²) >= 11 is 0. The van der Waals surface area contributed by atoms with E-state index in [-0.39, 0.29) is 18.8 Å². The predicted molar refractivity (Wildman–Crippen MR) is 354 cm³/mol. The van der Waals surface area contributed by atoms with Crippen molar-refractivity contribution in [3.63, 3.8) is 0 Å². The molecule has 0 saturated heterocycles. The summed E-state index contributed by atoms with van der Waals surface area (Å²) in [5, 5.41) is 0. The van der Waals surface area contributed by atoms with Crippen molar-refractivity contribution in [1.29, 1.82) is 0 Å². The molecule has 0 radical (unpaired) electrons. The Labute approximate surface area is 496 Å². The molecular formula is C76H55B2N5O2. The first-order valence-electron chi connectivity index (χ1n) is 29.4. The van der Waals surface area contributed by atoms with Gasteiger partial charge >= 0.3 is 0 Å². The quantitative estimate of drug-likeness (QED) is 0.133. The molecule has 5 aliphatic heterocycles. The van der Waals surface area contributed by atoms with E-state index >= 15 is 0 Å². The SMILES string of the molecule is CC(C)(C)c1cc2c3c(c1)N(c1ccccc1)c1cc(N(c4ccccc4)c4ccccc4)cc4c1B3c1cc3c(cc1O2)N(c1ccccc1)c1cc(N(c2ccccc2)c2ccccc2)cc2c1B3c1c(cccc1N2c1ccccc1)O4. The largest absolute Gasteiger partial charge is 0.458 e. The van der Waals surface area contributed by atoms with Crippen LogP contribution in [0.4, 0.5) is 85.3 Å². The van der Waals surface area contributed by atoms with Crippen molar-refractivity contribution in [3.8, 4) is 23.0 Å². The fraction of sp³-hybridized carbons (Fsp3) is 0.0526. The van der Waals surface area contributed by atoms with Gasteiger partial charge in [-0.05, 0) is 171 Å². The molecule has 0 aliphatic carbocycles. The Hall–Kier alpha value is -10.6. The Morgan fingerprint density at radius 2 is 0.659 bits per heavy atom. The van der Waals surface area contributed by atoms with Gasteiger partial charge in [-0.15, -0.1) is 0 Å². The Bertz CT molecular complexity index is 4530. The minimum atomic E-state index is -0.290. The number of nitrogens with zero attached hydrogens (tertiary/aromatic N) is 5. The third-order valence-corrected chi connectivity index (χ3v) is 17.7. The summed E-state index contributed by atoms with van der Waals surface area (Å²) in [7, 11) is 0.